The van der Waals surface area contributed by atoms with Gasteiger partial charge >= 0.3 is 12.1 Å². The molecule has 1 fully saturated rings. The Morgan fingerprint density at radius 1 is 1.62 bits per heavy atom. The van der Waals surface area contributed by atoms with E-state index in [0.717, 1.165) is 4.90 Å². The molecule has 1 N–H and O–H groups in total. The first-order valence-electron chi connectivity index (χ1n) is 4.79. The van der Waals surface area contributed by atoms with Crippen molar-refractivity contribution in [3.63, 3.8) is 0 Å². The molecular weight excluding hydrogens is 214 g/mol. The SMILES string of the molecule is C=CCOC(=O)N1CC2(C[C@H]1C(=O)O)N=N2. The predicted octanol–water partition coefficient (Wildman–Crippen LogP) is 0.630. The number of likely N-dealkylation sites (tertiary alicyclic amines) is 1. The molecule has 2 heterocycles. The standard InChI is InChI=1S/C9H11N3O4/c1-2-3-16-8(15)12-5-9(10-11-9)4-6(12)7(13)14/h2,6H,1,3-5H2,(H,13,14)/t6-/m0/s1. The van der Waals surface area contributed by atoms with Gasteiger partial charge in [-0.15, -0.1) is 0 Å². The molecule has 1 spiro atoms. The van der Waals surface area contributed by atoms with Gasteiger partial charge < -0.3 is 9.84 Å². The summed E-state index contributed by atoms with van der Waals surface area (Å²) in [5.74, 6) is -1.07. The molecule has 0 aromatic rings. The van der Waals surface area contributed by atoms with Crippen molar-refractivity contribution in [1.82, 2.24) is 4.90 Å². The van der Waals surface area contributed by atoms with E-state index >= 15 is 0 Å². The van der Waals surface area contributed by atoms with Crippen molar-refractivity contribution in [2.75, 3.05) is 13.2 Å². The Morgan fingerprint density at radius 2 is 2.31 bits per heavy atom. The fraction of sp³-hybridized carbons (Fsp3) is 0.556. The number of amides is 1. The molecule has 1 saturated heterocycles. The summed E-state index contributed by atoms with van der Waals surface area (Å²) >= 11 is 0. The van der Waals surface area contributed by atoms with Crippen molar-refractivity contribution < 1.29 is 19.4 Å². The van der Waals surface area contributed by atoms with Crippen LogP contribution >= 0.6 is 0 Å². The van der Waals surface area contributed by atoms with E-state index in [-0.39, 0.29) is 19.6 Å². The lowest BCUT2D eigenvalue weighted by atomic mass is 10.1. The van der Waals surface area contributed by atoms with Crippen molar-refractivity contribution in [3.8, 4) is 0 Å². The summed E-state index contributed by atoms with van der Waals surface area (Å²) in [4.78, 5) is 23.6. The van der Waals surface area contributed by atoms with Crippen LogP contribution in [0.2, 0.25) is 0 Å². The van der Waals surface area contributed by atoms with E-state index in [9.17, 15) is 9.59 Å². The Balaban J connectivity index is 2.03. The quantitative estimate of drug-likeness (QED) is 0.713. The summed E-state index contributed by atoms with van der Waals surface area (Å²) in [5, 5.41) is 16.5. The summed E-state index contributed by atoms with van der Waals surface area (Å²) in [6, 6.07) is -0.910. The molecule has 0 unspecified atom stereocenters. The third kappa shape index (κ3) is 1.75. The average molecular weight is 225 g/mol. The van der Waals surface area contributed by atoms with E-state index in [0.29, 0.717) is 0 Å². The Hall–Kier alpha value is -1.92. The third-order valence-electron chi connectivity index (χ3n) is 2.55. The minimum absolute atomic E-state index is 0.0585. The van der Waals surface area contributed by atoms with Crippen molar-refractivity contribution in [1.29, 1.82) is 0 Å². The number of hydrogen-bond donors (Lipinski definition) is 1. The number of carboxylic acids is 1. The van der Waals surface area contributed by atoms with Gasteiger partial charge in [0, 0.05) is 6.42 Å². The molecule has 7 nitrogen and oxygen atoms in total. The van der Waals surface area contributed by atoms with Crippen LogP contribution in [-0.4, -0.2) is 46.9 Å². The highest BCUT2D eigenvalue weighted by Gasteiger charge is 2.55. The lowest BCUT2D eigenvalue weighted by Crippen LogP contribution is -2.41. The van der Waals surface area contributed by atoms with Crippen LogP contribution < -0.4 is 0 Å². The highest BCUT2D eigenvalue weighted by Crippen LogP contribution is 2.41. The van der Waals surface area contributed by atoms with Gasteiger partial charge in [0.1, 0.15) is 12.6 Å². The number of carboxylic acid groups (broad SMARTS) is 1. The molecule has 0 saturated carbocycles. The predicted molar refractivity (Wildman–Crippen MR) is 51.9 cm³/mol. The van der Waals surface area contributed by atoms with Crippen LogP contribution in [0.4, 0.5) is 4.79 Å². The lowest BCUT2D eigenvalue weighted by molar-refractivity contribution is -0.141. The van der Waals surface area contributed by atoms with Crippen molar-refractivity contribution in [2.45, 2.75) is 18.1 Å². The topological polar surface area (TPSA) is 91.6 Å². The van der Waals surface area contributed by atoms with Crippen LogP contribution in [-0.2, 0) is 9.53 Å². The lowest BCUT2D eigenvalue weighted by Gasteiger charge is -2.19. The molecule has 2 aliphatic heterocycles. The van der Waals surface area contributed by atoms with Crippen LogP contribution in [0.25, 0.3) is 0 Å². The number of carbonyl (C=O) groups excluding carboxylic acids is 1. The van der Waals surface area contributed by atoms with Crippen LogP contribution in [0.3, 0.4) is 0 Å². The molecule has 2 aliphatic rings. The molecule has 0 aromatic carbocycles. The number of ether oxygens (including phenoxy) is 1. The summed E-state index contributed by atoms with van der Waals surface area (Å²) < 4.78 is 4.80. The molecule has 0 radical (unpaired) electrons. The molecule has 7 heteroatoms. The van der Waals surface area contributed by atoms with Gasteiger partial charge in [0.05, 0.1) is 6.54 Å². The molecule has 0 aliphatic carbocycles. The van der Waals surface area contributed by atoms with E-state index < -0.39 is 23.8 Å². The van der Waals surface area contributed by atoms with Gasteiger partial charge in [-0.1, -0.05) is 12.7 Å². The minimum Gasteiger partial charge on any atom is -0.480 e. The first-order valence-corrected chi connectivity index (χ1v) is 4.79. The number of carbonyl (C=O) groups is 2. The van der Waals surface area contributed by atoms with E-state index in [4.69, 9.17) is 9.84 Å². The van der Waals surface area contributed by atoms with Crippen molar-refractivity contribution in [2.24, 2.45) is 10.2 Å². The smallest absolute Gasteiger partial charge is 0.410 e. The van der Waals surface area contributed by atoms with Crippen LogP contribution in [0.5, 0.6) is 0 Å². The number of hydrogen-bond acceptors (Lipinski definition) is 5. The molecular formula is C9H11N3O4. The van der Waals surface area contributed by atoms with Gasteiger partial charge in [-0.3, -0.25) is 4.90 Å². The minimum atomic E-state index is -1.07. The molecule has 0 bridgehead atoms. The Kier molecular flexibility index (Phi) is 2.37. The zero-order chi connectivity index (χ0) is 11.8. The number of rotatable bonds is 3. The summed E-state index contributed by atoms with van der Waals surface area (Å²) in [6.07, 6.45) is 0.984. The average Bonchev–Trinajstić information content (AvgIpc) is 2.86. The van der Waals surface area contributed by atoms with E-state index in [2.05, 4.69) is 16.8 Å². The van der Waals surface area contributed by atoms with Gasteiger partial charge in [0.2, 0.25) is 5.66 Å². The molecule has 86 valence electrons. The van der Waals surface area contributed by atoms with Crippen molar-refractivity contribution >= 4 is 12.1 Å². The molecule has 2 rings (SSSR count). The largest absolute Gasteiger partial charge is 0.480 e. The van der Waals surface area contributed by atoms with Crippen molar-refractivity contribution in [3.05, 3.63) is 12.7 Å². The highest BCUT2D eigenvalue weighted by molar-refractivity contribution is 5.81. The maximum atomic E-state index is 11.5. The highest BCUT2D eigenvalue weighted by atomic mass is 16.6. The number of aliphatic carboxylic acids is 1. The zero-order valence-corrected chi connectivity index (χ0v) is 8.50. The monoisotopic (exact) mass is 225 g/mol. The maximum absolute atomic E-state index is 11.5. The normalized spacial score (nSPS) is 24.5. The second-order valence-electron chi connectivity index (χ2n) is 3.73. The molecule has 1 atom stereocenters. The molecule has 1 amide bonds. The van der Waals surface area contributed by atoms with E-state index in [1.54, 1.807) is 0 Å². The second-order valence-corrected chi connectivity index (χ2v) is 3.73. The first kappa shape index (κ1) is 10.6. The van der Waals surface area contributed by atoms with E-state index in [1.807, 2.05) is 0 Å². The van der Waals surface area contributed by atoms with Crippen LogP contribution in [0.1, 0.15) is 6.42 Å². The number of nitrogens with zero attached hydrogens (tertiary/aromatic N) is 3. The van der Waals surface area contributed by atoms with Gasteiger partial charge in [-0.25, -0.2) is 9.59 Å². The third-order valence-corrected chi connectivity index (χ3v) is 2.55. The summed E-state index contributed by atoms with van der Waals surface area (Å²) in [6.45, 7) is 3.64. The fourth-order valence-electron chi connectivity index (χ4n) is 1.71. The fourth-order valence-corrected chi connectivity index (χ4v) is 1.71. The van der Waals surface area contributed by atoms with Crippen LogP contribution in [0.15, 0.2) is 22.9 Å². The van der Waals surface area contributed by atoms with Crippen LogP contribution in [0, 0.1) is 0 Å². The van der Waals surface area contributed by atoms with Gasteiger partial charge in [-0.2, -0.15) is 10.2 Å². The summed E-state index contributed by atoms with van der Waals surface area (Å²) in [7, 11) is 0. The first-order chi connectivity index (χ1) is 7.58. The Morgan fingerprint density at radius 3 is 2.81 bits per heavy atom. The summed E-state index contributed by atoms with van der Waals surface area (Å²) in [5.41, 5.74) is -0.684. The molecule has 0 aromatic heterocycles. The van der Waals surface area contributed by atoms with E-state index in [1.165, 1.54) is 6.08 Å². The second kappa shape index (κ2) is 3.58. The van der Waals surface area contributed by atoms with Gasteiger partial charge in [-0.05, 0) is 0 Å². The molecule has 16 heavy (non-hydrogen) atoms. The maximum Gasteiger partial charge on any atom is 0.410 e. The Labute approximate surface area is 91.4 Å². The Bertz CT molecular complexity index is 373. The van der Waals surface area contributed by atoms with Gasteiger partial charge in [0.15, 0.2) is 0 Å². The zero-order valence-electron chi connectivity index (χ0n) is 8.50. The van der Waals surface area contributed by atoms with Gasteiger partial charge in [0.25, 0.3) is 0 Å².